The molecular formula is C25H27ClN4O2. The van der Waals surface area contributed by atoms with Crippen molar-refractivity contribution in [2.24, 2.45) is 0 Å². The SMILES string of the molecule is CN(C)c1ccc(-c2cc(C(=O)Nc3cccnc3N3CCCCOC3)ccc2Cl)cc1. The average Bonchev–Trinajstić information content (AvgIpc) is 3.09. The zero-order chi connectivity index (χ0) is 22.5. The van der Waals surface area contributed by atoms with Crippen molar-refractivity contribution in [2.45, 2.75) is 12.8 Å². The standard InChI is InChI=1S/C25H27ClN4O2/c1-29(2)20-10-7-18(8-11-20)21-16-19(9-12-22(21)26)25(31)28-23-6-5-13-27-24(23)30-14-3-4-15-32-17-30/h5-13,16H,3-4,14-15,17H2,1-2H3,(H,28,31). The molecule has 0 unspecified atom stereocenters. The Morgan fingerprint density at radius 2 is 1.94 bits per heavy atom. The smallest absolute Gasteiger partial charge is 0.255 e. The number of nitrogens with one attached hydrogen (secondary N) is 1. The Hall–Kier alpha value is -3.09. The van der Waals surface area contributed by atoms with Gasteiger partial charge in [-0.1, -0.05) is 23.7 Å². The molecule has 7 heteroatoms. The minimum atomic E-state index is -0.210. The van der Waals surface area contributed by atoms with Crippen molar-refractivity contribution < 1.29 is 9.53 Å². The number of anilines is 3. The fourth-order valence-corrected chi connectivity index (χ4v) is 3.91. The van der Waals surface area contributed by atoms with Crippen LogP contribution in [0.15, 0.2) is 60.8 Å². The molecule has 0 radical (unpaired) electrons. The zero-order valence-corrected chi connectivity index (χ0v) is 19.1. The van der Waals surface area contributed by atoms with E-state index in [0.29, 0.717) is 23.0 Å². The topological polar surface area (TPSA) is 57.7 Å². The summed E-state index contributed by atoms with van der Waals surface area (Å²) >= 11 is 6.47. The number of ether oxygens (including phenoxy) is 1. The fraction of sp³-hybridized carbons (Fsp3) is 0.280. The predicted octanol–water partition coefficient (Wildman–Crippen LogP) is 5.29. The van der Waals surface area contributed by atoms with Crippen LogP contribution in [0.5, 0.6) is 0 Å². The van der Waals surface area contributed by atoms with Crippen LogP contribution < -0.4 is 15.1 Å². The Morgan fingerprint density at radius 3 is 2.72 bits per heavy atom. The Labute approximate surface area is 193 Å². The van der Waals surface area contributed by atoms with E-state index >= 15 is 0 Å². The largest absolute Gasteiger partial charge is 0.378 e. The van der Waals surface area contributed by atoms with E-state index in [9.17, 15) is 4.79 Å². The van der Waals surface area contributed by atoms with Crippen molar-refractivity contribution in [3.05, 3.63) is 71.4 Å². The van der Waals surface area contributed by atoms with Gasteiger partial charge in [0.1, 0.15) is 6.73 Å². The summed E-state index contributed by atoms with van der Waals surface area (Å²) in [6.45, 7) is 2.05. The van der Waals surface area contributed by atoms with Gasteiger partial charge in [-0.25, -0.2) is 4.98 Å². The first-order valence-corrected chi connectivity index (χ1v) is 11.1. The second-order valence-electron chi connectivity index (χ2n) is 7.97. The summed E-state index contributed by atoms with van der Waals surface area (Å²) in [5, 5.41) is 3.62. The highest BCUT2D eigenvalue weighted by Crippen LogP contribution is 2.31. The highest BCUT2D eigenvalue weighted by Gasteiger charge is 2.18. The number of carbonyl (C=O) groups excluding carboxylic acids is 1. The molecule has 1 amide bonds. The molecule has 2 aromatic carbocycles. The van der Waals surface area contributed by atoms with Gasteiger partial charge in [0, 0.05) is 55.3 Å². The second kappa shape index (κ2) is 10.0. The number of aromatic nitrogens is 1. The zero-order valence-electron chi connectivity index (χ0n) is 18.3. The summed E-state index contributed by atoms with van der Waals surface area (Å²) in [6.07, 6.45) is 3.78. The molecule has 0 spiro atoms. The van der Waals surface area contributed by atoms with Crippen molar-refractivity contribution in [2.75, 3.05) is 49.1 Å². The molecule has 166 valence electrons. The van der Waals surface area contributed by atoms with Crippen LogP contribution in [-0.2, 0) is 4.74 Å². The number of amides is 1. The van der Waals surface area contributed by atoms with Gasteiger partial charge in [0.15, 0.2) is 5.82 Å². The fourth-order valence-electron chi connectivity index (χ4n) is 3.68. The number of nitrogens with zero attached hydrogens (tertiary/aromatic N) is 3. The van der Waals surface area contributed by atoms with Crippen molar-refractivity contribution in [3.8, 4) is 11.1 Å². The Balaban J connectivity index is 1.58. The van der Waals surface area contributed by atoms with E-state index in [4.69, 9.17) is 16.3 Å². The lowest BCUT2D eigenvalue weighted by molar-refractivity contribution is 0.102. The van der Waals surface area contributed by atoms with Gasteiger partial charge in [0.25, 0.3) is 5.91 Å². The normalized spacial score (nSPS) is 14.0. The quantitative estimate of drug-likeness (QED) is 0.572. The van der Waals surface area contributed by atoms with E-state index in [-0.39, 0.29) is 5.91 Å². The first-order valence-electron chi connectivity index (χ1n) is 10.7. The molecule has 1 saturated heterocycles. The van der Waals surface area contributed by atoms with Gasteiger partial charge in [0.05, 0.1) is 5.69 Å². The average molecular weight is 451 g/mol. The molecule has 0 atom stereocenters. The molecule has 0 saturated carbocycles. The molecule has 1 N–H and O–H groups in total. The van der Waals surface area contributed by atoms with Crippen LogP contribution in [-0.4, -0.2) is 44.9 Å². The number of hydrogen-bond acceptors (Lipinski definition) is 5. The van der Waals surface area contributed by atoms with Gasteiger partial charge in [-0.05, 0) is 60.9 Å². The van der Waals surface area contributed by atoms with Crippen LogP contribution in [0.3, 0.4) is 0 Å². The summed E-state index contributed by atoms with van der Waals surface area (Å²) in [6, 6.07) is 17.1. The van der Waals surface area contributed by atoms with E-state index in [1.165, 1.54) is 0 Å². The Morgan fingerprint density at radius 1 is 1.12 bits per heavy atom. The summed E-state index contributed by atoms with van der Waals surface area (Å²) in [7, 11) is 3.99. The summed E-state index contributed by atoms with van der Waals surface area (Å²) in [4.78, 5) is 21.7. The van der Waals surface area contributed by atoms with Crippen LogP contribution >= 0.6 is 11.6 Å². The minimum Gasteiger partial charge on any atom is -0.378 e. The maximum absolute atomic E-state index is 13.1. The number of benzene rings is 2. The van der Waals surface area contributed by atoms with Gasteiger partial charge >= 0.3 is 0 Å². The second-order valence-corrected chi connectivity index (χ2v) is 8.38. The van der Waals surface area contributed by atoms with Crippen molar-refractivity contribution in [1.82, 2.24) is 4.98 Å². The van der Waals surface area contributed by atoms with Crippen LogP contribution in [0.4, 0.5) is 17.2 Å². The van der Waals surface area contributed by atoms with Gasteiger partial charge in [0.2, 0.25) is 0 Å². The number of rotatable bonds is 5. The molecule has 1 aromatic heterocycles. The lowest BCUT2D eigenvalue weighted by atomic mass is 10.0. The highest BCUT2D eigenvalue weighted by atomic mass is 35.5. The molecular weight excluding hydrogens is 424 g/mol. The minimum absolute atomic E-state index is 0.210. The van der Waals surface area contributed by atoms with Crippen LogP contribution in [0.25, 0.3) is 11.1 Å². The van der Waals surface area contributed by atoms with Crippen LogP contribution in [0.2, 0.25) is 5.02 Å². The lowest BCUT2D eigenvalue weighted by Crippen LogP contribution is -2.27. The number of hydrogen-bond donors (Lipinski definition) is 1. The Kier molecular flexibility index (Phi) is 6.93. The first kappa shape index (κ1) is 22.1. The summed E-state index contributed by atoms with van der Waals surface area (Å²) < 4.78 is 5.66. The predicted molar refractivity (Wildman–Crippen MR) is 131 cm³/mol. The third kappa shape index (κ3) is 5.03. The molecule has 1 fully saturated rings. The van der Waals surface area contributed by atoms with Gasteiger partial charge in [-0.2, -0.15) is 0 Å². The molecule has 32 heavy (non-hydrogen) atoms. The molecule has 0 bridgehead atoms. The third-order valence-corrected chi connectivity index (χ3v) is 5.80. The van der Waals surface area contributed by atoms with Gasteiger partial charge in [-0.15, -0.1) is 0 Å². The van der Waals surface area contributed by atoms with Gasteiger partial charge < -0.3 is 19.9 Å². The van der Waals surface area contributed by atoms with E-state index < -0.39 is 0 Å². The van der Waals surface area contributed by atoms with Gasteiger partial charge in [-0.3, -0.25) is 4.79 Å². The molecule has 6 nitrogen and oxygen atoms in total. The van der Waals surface area contributed by atoms with E-state index in [1.807, 2.05) is 61.5 Å². The summed E-state index contributed by atoms with van der Waals surface area (Å²) in [5.74, 6) is 0.508. The number of carbonyl (C=O) groups is 1. The number of pyridine rings is 1. The molecule has 4 rings (SSSR count). The van der Waals surface area contributed by atoms with E-state index in [2.05, 4.69) is 15.2 Å². The lowest BCUT2D eigenvalue weighted by Gasteiger charge is -2.23. The van der Waals surface area contributed by atoms with Crippen molar-refractivity contribution >= 4 is 34.7 Å². The monoisotopic (exact) mass is 450 g/mol. The van der Waals surface area contributed by atoms with Crippen molar-refractivity contribution in [3.63, 3.8) is 0 Å². The Bertz CT molecular complexity index is 1080. The number of halogens is 1. The molecule has 0 aliphatic carbocycles. The van der Waals surface area contributed by atoms with E-state index in [1.54, 1.807) is 18.3 Å². The summed E-state index contributed by atoms with van der Waals surface area (Å²) in [5.41, 5.74) is 4.06. The highest BCUT2D eigenvalue weighted by molar-refractivity contribution is 6.33. The molecule has 1 aliphatic rings. The maximum atomic E-state index is 13.1. The van der Waals surface area contributed by atoms with E-state index in [0.717, 1.165) is 48.6 Å². The maximum Gasteiger partial charge on any atom is 0.255 e. The third-order valence-electron chi connectivity index (χ3n) is 5.47. The van der Waals surface area contributed by atoms with Crippen LogP contribution in [0, 0.1) is 0 Å². The molecule has 1 aliphatic heterocycles. The first-order chi connectivity index (χ1) is 15.5. The van der Waals surface area contributed by atoms with Crippen LogP contribution in [0.1, 0.15) is 23.2 Å². The van der Waals surface area contributed by atoms with Crippen molar-refractivity contribution in [1.29, 1.82) is 0 Å². The molecule has 2 heterocycles. The molecule has 3 aromatic rings.